The number of carbonyl (C=O) groups is 1. The molecule has 150 valence electrons. The standard InChI is InChI=1S/C18H22N4O5S/c1-13-15(12-19-20(13)2)18(23)21-5-7-22(8-6-21)28(24,25)14-3-4-16-17(11-14)27-10-9-26-16/h3-4,11-12H,5-10H2,1-2H3. The molecular formula is C18H22N4O5S. The fourth-order valence-electron chi connectivity index (χ4n) is 3.34. The van der Waals surface area contributed by atoms with E-state index in [1.807, 2.05) is 6.92 Å². The lowest BCUT2D eigenvalue weighted by Gasteiger charge is -2.34. The summed E-state index contributed by atoms with van der Waals surface area (Å²) in [7, 11) is -1.89. The van der Waals surface area contributed by atoms with E-state index >= 15 is 0 Å². The second kappa shape index (κ2) is 7.10. The average Bonchev–Trinajstić information content (AvgIpc) is 3.05. The predicted octanol–water partition coefficient (Wildman–Crippen LogP) is 0.646. The molecule has 0 N–H and O–H groups in total. The van der Waals surface area contributed by atoms with Gasteiger partial charge in [-0.25, -0.2) is 8.42 Å². The maximum atomic E-state index is 13.0. The van der Waals surface area contributed by atoms with Gasteiger partial charge in [-0.1, -0.05) is 0 Å². The van der Waals surface area contributed by atoms with Crippen LogP contribution in [0.1, 0.15) is 16.1 Å². The van der Waals surface area contributed by atoms with Crippen molar-refractivity contribution in [1.82, 2.24) is 19.0 Å². The van der Waals surface area contributed by atoms with Crippen LogP contribution in [-0.2, 0) is 17.1 Å². The van der Waals surface area contributed by atoms with Crippen molar-refractivity contribution in [3.05, 3.63) is 35.7 Å². The molecule has 0 bridgehead atoms. The van der Waals surface area contributed by atoms with Crippen LogP contribution in [0.25, 0.3) is 0 Å². The Hall–Kier alpha value is -2.59. The molecule has 0 atom stereocenters. The van der Waals surface area contributed by atoms with Crippen molar-refractivity contribution >= 4 is 15.9 Å². The van der Waals surface area contributed by atoms with Gasteiger partial charge >= 0.3 is 0 Å². The molecule has 3 heterocycles. The number of fused-ring (bicyclic) bond motifs is 1. The maximum absolute atomic E-state index is 13.0. The first kappa shape index (κ1) is 18.8. The monoisotopic (exact) mass is 406 g/mol. The predicted molar refractivity (Wildman–Crippen MR) is 100 cm³/mol. The van der Waals surface area contributed by atoms with Gasteiger partial charge in [0.2, 0.25) is 10.0 Å². The quantitative estimate of drug-likeness (QED) is 0.743. The molecule has 1 aromatic heterocycles. The van der Waals surface area contributed by atoms with E-state index in [1.165, 1.54) is 16.4 Å². The number of hydrogen-bond acceptors (Lipinski definition) is 6. The van der Waals surface area contributed by atoms with E-state index in [0.29, 0.717) is 43.4 Å². The summed E-state index contributed by atoms with van der Waals surface area (Å²) in [6.07, 6.45) is 1.55. The van der Waals surface area contributed by atoms with Crippen LogP contribution in [0.5, 0.6) is 11.5 Å². The molecule has 1 fully saturated rings. The van der Waals surface area contributed by atoms with Crippen LogP contribution in [0, 0.1) is 6.92 Å². The summed E-state index contributed by atoms with van der Waals surface area (Å²) in [5.41, 5.74) is 1.34. The number of piperazine rings is 1. The minimum Gasteiger partial charge on any atom is -0.486 e. The number of aromatic nitrogens is 2. The Morgan fingerprint density at radius 1 is 1.07 bits per heavy atom. The highest BCUT2D eigenvalue weighted by Crippen LogP contribution is 2.33. The van der Waals surface area contributed by atoms with Gasteiger partial charge in [-0.2, -0.15) is 9.40 Å². The summed E-state index contributed by atoms with van der Waals surface area (Å²) in [5.74, 6) is 0.864. The SMILES string of the molecule is Cc1c(C(=O)N2CCN(S(=O)(=O)c3ccc4c(c3)OCCO4)CC2)cnn1C. The number of rotatable bonds is 3. The van der Waals surface area contributed by atoms with Gasteiger partial charge in [-0.15, -0.1) is 0 Å². The normalized spacial score (nSPS) is 17.6. The van der Waals surface area contributed by atoms with Crippen molar-refractivity contribution in [2.24, 2.45) is 7.05 Å². The van der Waals surface area contributed by atoms with E-state index in [2.05, 4.69) is 5.10 Å². The molecular weight excluding hydrogens is 384 g/mol. The summed E-state index contributed by atoms with van der Waals surface area (Å²) in [6, 6.07) is 4.64. The molecule has 9 nitrogen and oxygen atoms in total. The number of carbonyl (C=O) groups excluding carboxylic acids is 1. The fourth-order valence-corrected chi connectivity index (χ4v) is 4.78. The third-order valence-electron chi connectivity index (χ3n) is 5.14. The van der Waals surface area contributed by atoms with Crippen LogP contribution in [0.3, 0.4) is 0 Å². The van der Waals surface area contributed by atoms with Gasteiger partial charge < -0.3 is 14.4 Å². The molecule has 0 aliphatic carbocycles. The molecule has 2 aliphatic rings. The van der Waals surface area contributed by atoms with Gasteiger partial charge in [-0.05, 0) is 19.1 Å². The van der Waals surface area contributed by atoms with E-state index in [1.54, 1.807) is 28.9 Å². The molecule has 10 heteroatoms. The van der Waals surface area contributed by atoms with Crippen LogP contribution >= 0.6 is 0 Å². The molecule has 1 amide bonds. The summed E-state index contributed by atoms with van der Waals surface area (Å²) < 4.78 is 40.0. The van der Waals surface area contributed by atoms with Crippen LogP contribution in [-0.4, -0.2) is 72.7 Å². The minimum absolute atomic E-state index is 0.123. The Labute approximate surface area is 163 Å². The number of amides is 1. The van der Waals surface area contributed by atoms with Crippen molar-refractivity contribution in [2.75, 3.05) is 39.4 Å². The second-order valence-corrected chi connectivity index (χ2v) is 8.71. The number of hydrogen-bond donors (Lipinski definition) is 0. The molecule has 0 spiro atoms. The number of sulfonamides is 1. The Morgan fingerprint density at radius 3 is 2.39 bits per heavy atom. The largest absolute Gasteiger partial charge is 0.486 e. The molecule has 2 aromatic rings. The van der Waals surface area contributed by atoms with Gasteiger partial charge in [0.05, 0.1) is 16.7 Å². The van der Waals surface area contributed by atoms with Crippen LogP contribution in [0.4, 0.5) is 0 Å². The van der Waals surface area contributed by atoms with E-state index in [-0.39, 0.29) is 23.9 Å². The zero-order chi connectivity index (χ0) is 19.9. The Balaban J connectivity index is 1.47. The van der Waals surface area contributed by atoms with Gasteiger partial charge in [0, 0.05) is 45.0 Å². The lowest BCUT2D eigenvalue weighted by Crippen LogP contribution is -2.50. The second-order valence-electron chi connectivity index (χ2n) is 6.77. The van der Waals surface area contributed by atoms with Crippen molar-refractivity contribution in [1.29, 1.82) is 0 Å². The van der Waals surface area contributed by atoms with E-state index in [0.717, 1.165) is 5.69 Å². The first-order valence-corrected chi connectivity index (χ1v) is 10.5. The topological polar surface area (TPSA) is 94.0 Å². The molecule has 1 saturated heterocycles. The molecule has 4 rings (SSSR count). The highest BCUT2D eigenvalue weighted by molar-refractivity contribution is 7.89. The zero-order valence-corrected chi connectivity index (χ0v) is 16.6. The molecule has 0 radical (unpaired) electrons. The lowest BCUT2D eigenvalue weighted by atomic mass is 10.2. The summed E-state index contributed by atoms with van der Waals surface area (Å²) >= 11 is 0. The molecule has 0 unspecified atom stereocenters. The molecule has 0 saturated carbocycles. The first-order chi connectivity index (χ1) is 13.4. The van der Waals surface area contributed by atoms with Crippen molar-refractivity contribution in [2.45, 2.75) is 11.8 Å². The third-order valence-corrected chi connectivity index (χ3v) is 7.04. The number of nitrogens with zero attached hydrogens (tertiary/aromatic N) is 4. The summed E-state index contributed by atoms with van der Waals surface area (Å²) in [6.45, 7) is 3.82. The molecule has 2 aliphatic heterocycles. The van der Waals surface area contributed by atoms with Gasteiger partial charge in [-0.3, -0.25) is 9.48 Å². The zero-order valence-electron chi connectivity index (χ0n) is 15.8. The molecule has 1 aromatic carbocycles. The smallest absolute Gasteiger partial charge is 0.257 e. The van der Waals surface area contributed by atoms with Gasteiger partial charge in [0.1, 0.15) is 13.2 Å². The Kier molecular flexibility index (Phi) is 4.76. The summed E-state index contributed by atoms with van der Waals surface area (Å²) in [5, 5.41) is 4.10. The van der Waals surface area contributed by atoms with Crippen LogP contribution in [0.2, 0.25) is 0 Å². The number of ether oxygens (including phenoxy) is 2. The van der Waals surface area contributed by atoms with Crippen LogP contribution < -0.4 is 9.47 Å². The summed E-state index contributed by atoms with van der Waals surface area (Å²) in [4.78, 5) is 14.5. The average molecular weight is 406 g/mol. The minimum atomic E-state index is -3.67. The maximum Gasteiger partial charge on any atom is 0.257 e. The van der Waals surface area contributed by atoms with Gasteiger partial charge in [0.25, 0.3) is 5.91 Å². The van der Waals surface area contributed by atoms with Gasteiger partial charge in [0.15, 0.2) is 11.5 Å². The number of benzene rings is 1. The Bertz CT molecular complexity index is 1010. The highest BCUT2D eigenvalue weighted by Gasteiger charge is 2.32. The number of aryl methyl sites for hydroxylation is 1. The van der Waals surface area contributed by atoms with E-state index in [9.17, 15) is 13.2 Å². The third kappa shape index (κ3) is 3.22. The van der Waals surface area contributed by atoms with E-state index in [4.69, 9.17) is 9.47 Å². The Morgan fingerprint density at radius 2 is 1.75 bits per heavy atom. The molecule has 28 heavy (non-hydrogen) atoms. The highest BCUT2D eigenvalue weighted by atomic mass is 32.2. The first-order valence-electron chi connectivity index (χ1n) is 9.05. The van der Waals surface area contributed by atoms with Crippen molar-refractivity contribution in [3.8, 4) is 11.5 Å². The lowest BCUT2D eigenvalue weighted by molar-refractivity contribution is 0.0697. The van der Waals surface area contributed by atoms with Crippen molar-refractivity contribution in [3.63, 3.8) is 0 Å². The fraction of sp³-hybridized carbons (Fsp3) is 0.444. The van der Waals surface area contributed by atoms with Crippen molar-refractivity contribution < 1.29 is 22.7 Å². The van der Waals surface area contributed by atoms with Crippen LogP contribution in [0.15, 0.2) is 29.3 Å². The van der Waals surface area contributed by atoms with E-state index < -0.39 is 10.0 Å².